The Morgan fingerprint density at radius 2 is 1.19 bits per heavy atom. The van der Waals surface area contributed by atoms with E-state index in [2.05, 4.69) is 38.3 Å². The summed E-state index contributed by atoms with van der Waals surface area (Å²) in [5.41, 5.74) is 4.73. The van der Waals surface area contributed by atoms with Crippen molar-refractivity contribution in [2.45, 2.75) is 19.3 Å². The molecule has 4 amide bonds. The maximum absolute atomic E-state index is 13.3. The zero-order valence-electron chi connectivity index (χ0n) is 33.0. The van der Waals surface area contributed by atoms with E-state index in [1.165, 1.54) is 21.3 Å². The summed E-state index contributed by atoms with van der Waals surface area (Å²) >= 11 is 11.9. The summed E-state index contributed by atoms with van der Waals surface area (Å²) < 4.78 is 19.3. The Kier molecular flexibility index (Phi) is 15.1. The Bertz CT molecular complexity index is 2210. The Balaban J connectivity index is 1.13. The van der Waals surface area contributed by atoms with Gasteiger partial charge in [-0.15, -0.1) is 23.2 Å². The number of nitrogens with one attached hydrogen (secondary N) is 4. The minimum atomic E-state index is -0.449. The topological polar surface area (TPSA) is 157 Å². The molecule has 0 unspecified atom stereocenters. The average molecular weight is 833 g/mol. The SMILES string of the molecule is COc1cc(NC(=O)c2cc(NC(=O)c3cccc(NC(=O)c4cc(NC(=O)CCCc5ccc(N(CCCl)CCCl)cc5)cn4C)c3)cn2C)cc(OC)c1OC. The van der Waals surface area contributed by atoms with E-state index in [9.17, 15) is 19.2 Å². The number of benzene rings is 3. The summed E-state index contributed by atoms with van der Waals surface area (Å²) in [4.78, 5) is 54.7. The van der Waals surface area contributed by atoms with Crippen LogP contribution in [0.1, 0.15) is 49.7 Å². The number of carbonyl (C=O) groups excluding carboxylic acids is 4. The lowest BCUT2D eigenvalue weighted by atomic mass is 10.1. The minimum absolute atomic E-state index is 0.159. The number of carbonyl (C=O) groups is 4. The van der Waals surface area contributed by atoms with E-state index in [-0.39, 0.29) is 17.2 Å². The maximum atomic E-state index is 13.3. The van der Waals surface area contributed by atoms with Crippen molar-refractivity contribution in [1.29, 1.82) is 0 Å². The highest BCUT2D eigenvalue weighted by Crippen LogP contribution is 2.40. The number of hydrogen-bond acceptors (Lipinski definition) is 8. The van der Waals surface area contributed by atoms with Crippen LogP contribution in [0.2, 0.25) is 0 Å². The van der Waals surface area contributed by atoms with Crippen molar-refractivity contribution in [3.63, 3.8) is 0 Å². The number of hydrogen-bond donors (Lipinski definition) is 4. The molecule has 5 rings (SSSR count). The largest absolute Gasteiger partial charge is 0.493 e. The van der Waals surface area contributed by atoms with Gasteiger partial charge in [-0.25, -0.2) is 0 Å². The molecule has 2 heterocycles. The molecule has 0 aliphatic rings. The fraction of sp³-hybridized carbons (Fsp3) is 0.286. The molecule has 0 radical (unpaired) electrons. The molecule has 5 aromatic rings. The lowest BCUT2D eigenvalue weighted by molar-refractivity contribution is -0.116. The molecule has 0 aliphatic carbocycles. The van der Waals surface area contributed by atoms with Crippen LogP contribution < -0.4 is 40.4 Å². The van der Waals surface area contributed by atoms with Gasteiger partial charge in [-0.2, -0.15) is 0 Å². The molecule has 0 spiro atoms. The van der Waals surface area contributed by atoms with Gasteiger partial charge >= 0.3 is 0 Å². The van der Waals surface area contributed by atoms with Crippen LogP contribution in [0.3, 0.4) is 0 Å². The summed E-state index contributed by atoms with van der Waals surface area (Å²) in [6.45, 7) is 1.43. The maximum Gasteiger partial charge on any atom is 0.272 e. The van der Waals surface area contributed by atoms with E-state index in [4.69, 9.17) is 37.4 Å². The highest BCUT2D eigenvalue weighted by atomic mass is 35.5. The first-order valence-electron chi connectivity index (χ1n) is 18.4. The van der Waals surface area contributed by atoms with Gasteiger partial charge in [0.25, 0.3) is 17.7 Å². The van der Waals surface area contributed by atoms with Crippen LogP contribution in [0, 0.1) is 0 Å². The molecule has 58 heavy (non-hydrogen) atoms. The van der Waals surface area contributed by atoms with Gasteiger partial charge in [-0.1, -0.05) is 18.2 Å². The van der Waals surface area contributed by atoms with Gasteiger partial charge in [0.2, 0.25) is 11.7 Å². The van der Waals surface area contributed by atoms with Crippen molar-refractivity contribution in [1.82, 2.24) is 9.13 Å². The van der Waals surface area contributed by atoms with E-state index < -0.39 is 17.7 Å². The first kappa shape index (κ1) is 43.0. The van der Waals surface area contributed by atoms with Crippen LogP contribution in [0.15, 0.2) is 85.2 Å². The highest BCUT2D eigenvalue weighted by molar-refractivity contribution is 6.18. The zero-order chi connectivity index (χ0) is 41.8. The monoisotopic (exact) mass is 831 g/mol. The van der Waals surface area contributed by atoms with Crippen LogP contribution in [-0.2, 0) is 25.3 Å². The second kappa shape index (κ2) is 20.3. The molecule has 0 fully saturated rings. The van der Waals surface area contributed by atoms with Gasteiger partial charge in [-0.3, -0.25) is 19.2 Å². The molecular weight excluding hydrogens is 785 g/mol. The second-order valence-electron chi connectivity index (χ2n) is 13.2. The number of anilines is 5. The number of ether oxygens (including phenoxy) is 3. The summed E-state index contributed by atoms with van der Waals surface area (Å²) in [6.07, 6.45) is 4.98. The van der Waals surface area contributed by atoms with Crippen LogP contribution in [0.5, 0.6) is 17.2 Å². The van der Waals surface area contributed by atoms with Gasteiger partial charge in [0.05, 0.1) is 32.7 Å². The third-order valence-electron chi connectivity index (χ3n) is 9.20. The van der Waals surface area contributed by atoms with Gasteiger partial charge in [-0.05, 0) is 60.9 Å². The molecule has 2 aromatic heterocycles. The standard InChI is InChI=1S/C42H47Cl2N7O7/c1-49-25-31(45-38(52)11-6-8-27-12-14-33(15-13-27)51(18-16-43)19-17-44)21-34(49)41(54)46-29-10-7-9-28(20-29)40(53)48-32-22-35(50(2)26-32)42(55)47-30-23-36(56-3)39(58-5)37(24-30)57-4/h7,9-10,12-15,20-26H,6,8,11,16-19H2,1-5H3,(H,45,52)(H,46,54)(H,47,55)(H,48,53). The molecule has 0 saturated carbocycles. The van der Waals surface area contributed by atoms with Crippen LogP contribution in [0.4, 0.5) is 28.4 Å². The quantitative estimate of drug-likeness (QED) is 0.0628. The Morgan fingerprint density at radius 1 is 0.638 bits per heavy atom. The molecule has 0 aliphatic heterocycles. The van der Waals surface area contributed by atoms with E-state index in [1.54, 1.807) is 84.2 Å². The number of nitrogens with zero attached hydrogens (tertiary/aromatic N) is 3. The van der Waals surface area contributed by atoms with Gasteiger partial charge in [0, 0.05) is 92.5 Å². The second-order valence-corrected chi connectivity index (χ2v) is 14.0. The molecule has 4 N–H and O–H groups in total. The van der Waals surface area contributed by atoms with Gasteiger partial charge in [0.1, 0.15) is 11.4 Å². The third kappa shape index (κ3) is 11.0. The number of halogens is 2. The Labute approximate surface area is 347 Å². The smallest absolute Gasteiger partial charge is 0.272 e. The fourth-order valence-electron chi connectivity index (χ4n) is 6.33. The van der Waals surface area contributed by atoms with Crippen molar-refractivity contribution in [3.8, 4) is 17.2 Å². The first-order chi connectivity index (χ1) is 28.0. The normalized spacial score (nSPS) is 10.7. The van der Waals surface area contributed by atoms with Crippen molar-refractivity contribution in [2.75, 3.05) is 72.3 Å². The van der Waals surface area contributed by atoms with Crippen molar-refractivity contribution < 1.29 is 33.4 Å². The molecule has 0 saturated heterocycles. The lowest BCUT2D eigenvalue weighted by Gasteiger charge is -2.23. The summed E-state index contributed by atoms with van der Waals surface area (Å²) in [6, 6.07) is 21.0. The number of aryl methyl sites for hydroxylation is 3. The van der Waals surface area contributed by atoms with Crippen molar-refractivity contribution in [2.24, 2.45) is 14.1 Å². The Morgan fingerprint density at radius 3 is 1.74 bits per heavy atom. The van der Waals surface area contributed by atoms with Crippen LogP contribution >= 0.6 is 23.2 Å². The lowest BCUT2D eigenvalue weighted by Crippen LogP contribution is -2.27. The van der Waals surface area contributed by atoms with Crippen molar-refractivity contribution >= 4 is 75.3 Å². The number of aromatic nitrogens is 2. The number of methoxy groups -OCH3 is 3. The summed E-state index contributed by atoms with van der Waals surface area (Å²) in [7, 11) is 7.84. The van der Waals surface area contributed by atoms with Crippen LogP contribution in [-0.4, -0.2) is 78.9 Å². The number of rotatable bonds is 19. The van der Waals surface area contributed by atoms with E-state index in [0.717, 1.165) is 17.7 Å². The minimum Gasteiger partial charge on any atom is -0.493 e. The van der Waals surface area contributed by atoms with E-state index >= 15 is 0 Å². The predicted octanol–water partition coefficient (Wildman–Crippen LogP) is 7.39. The molecule has 0 bridgehead atoms. The molecule has 306 valence electrons. The van der Waals surface area contributed by atoms with Gasteiger partial charge < -0.3 is 49.5 Å². The molecule has 16 heteroatoms. The third-order valence-corrected chi connectivity index (χ3v) is 9.54. The average Bonchev–Trinajstić information content (AvgIpc) is 3.77. The van der Waals surface area contributed by atoms with Crippen molar-refractivity contribution in [3.05, 3.63) is 108 Å². The number of alkyl halides is 2. The Hall–Kier alpha value is -6.12. The van der Waals surface area contributed by atoms with Gasteiger partial charge in [0.15, 0.2) is 11.5 Å². The molecule has 0 atom stereocenters. The van der Waals surface area contributed by atoms with Crippen LogP contribution in [0.25, 0.3) is 0 Å². The molecule has 14 nitrogen and oxygen atoms in total. The molecular formula is C42H47Cl2N7O7. The van der Waals surface area contributed by atoms with E-state index in [0.29, 0.717) is 83.4 Å². The highest BCUT2D eigenvalue weighted by Gasteiger charge is 2.19. The summed E-state index contributed by atoms with van der Waals surface area (Å²) in [5, 5.41) is 11.3. The predicted molar refractivity (Wildman–Crippen MR) is 229 cm³/mol. The first-order valence-corrected chi connectivity index (χ1v) is 19.5. The number of amides is 4. The molecule has 3 aromatic carbocycles. The summed E-state index contributed by atoms with van der Waals surface area (Å²) in [5.74, 6) is 0.709. The fourth-order valence-corrected chi connectivity index (χ4v) is 6.73. The van der Waals surface area contributed by atoms with E-state index in [1.807, 2.05) is 12.1 Å². The zero-order valence-corrected chi connectivity index (χ0v) is 34.5.